The number of hydrogen-bond acceptors (Lipinski definition) is 3. The topological polar surface area (TPSA) is 44.5 Å². The molecule has 0 aliphatic carbocycles. The summed E-state index contributed by atoms with van der Waals surface area (Å²) in [6.45, 7) is 4.72. The minimum atomic E-state index is -0.129. The maximum atomic E-state index is 5.78. The Morgan fingerprint density at radius 2 is 1.80 bits per heavy atom. The van der Waals surface area contributed by atoms with Crippen molar-refractivity contribution in [3.63, 3.8) is 0 Å². The van der Waals surface area contributed by atoms with Crippen LogP contribution in [0.15, 0.2) is 21.1 Å². The smallest absolute Gasteiger partial charge is 0.134 e. The first kappa shape index (κ1) is 17.7. The van der Waals surface area contributed by atoms with Gasteiger partial charge in [-0.15, -0.1) is 0 Å². The zero-order chi connectivity index (χ0) is 15.3. The van der Waals surface area contributed by atoms with E-state index in [4.69, 9.17) is 27.4 Å². The Labute approximate surface area is 142 Å². The molecule has 0 fully saturated rings. The van der Waals surface area contributed by atoms with Gasteiger partial charge in [0, 0.05) is 5.41 Å². The molecule has 0 spiro atoms. The molecule has 3 nitrogen and oxygen atoms in total. The zero-order valence-electron chi connectivity index (χ0n) is 11.8. The third-order valence-corrected chi connectivity index (χ3v) is 4.87. The van der Waals surface area contributed by atoms with E-state index < -0.39 is 0 Å². The molecule has 0 radical (unpaired) electrons. The first-order valence-electron chi connectivity index (χ1n) is 6.23. The molecular formula is C14H19Br2NO2S. The largest absolute Gasteiger partial charge is 0.496 e. The van der Waals surface area contributed by atoms with Gasteiger partial charge in [-0.25, -0.2) is 0 Å². The molecular weight excluding hydrogens is 406 g/mol. The summed E-state index contributed by atoms with van der Waals surface area (Å²) in [5.74, 6) is 1.55. The fourth-order valence-corrected chi connectivity index (χ4v) is 2.62. The van der Waals surface area contributed by atoms with E-state index in [0.717, 1.165) is 33.3 Å². The van der Waals surface area contributed by atoms with Crippen LogP contribution in [0, 0.1) is 5.41 Å². The first-order valence-corrected chi connectivity index (χ1v) is 8.23. The van der Waals surface area contributed by atoms with E-state index in [1.165, 1.54) is 0 Å². The molecule has 0 aromatic heterocycles. The predicted octanol–water partition coefficient (Wildman–Crippen LogP) is 4.69. The Morgan fingerprint density at radius 3 is 2.35 bits per heavy atom. The molecule has 20 heavy (non-hydrogen) atoms. The summed E-state index contributed by atoms with van der Waals surface area (Å²) in [6.07, 6.45) is 1.79. The van der Waals surface area contributed by atoms with Crippen molar-refractivity contribution < 1.29 is 9.47 Å². The van der Waals surface area contributed by atoms with Crippen LogP contribution < -0.4 is 15.2 Å². The standard InChI is InChI=1S/C14H19Br2NO2S/c1-14(2,13(17)20)5-4-6-19-12-8-9(15)11(18-3)7-10(12)16/h7-8H,4-6H2,1-3H3,(H2,17,20). The van der Waals surface area contributed by atoms with Crippen molar-refractivity contribution >= 4 is 49.1 Å². The van der Waals surface area contributed by atoms with Crippen molar-refractivity contribution in [3.8, 4) is 11.5 Å². The molecule has 1 rings (SSSR count). The number of halogens is 2. The van der Waals surface area contributed by atoms with Gasteiger partial charge in [0.05, 0.1) is 27.7 Å². The Balaban J connectivity index is 2.55. The predicted molar refractivity (Wildman–Crippen MR) is 93.7 cm³/mol. The van der Waals surface area contributed by atoms with Gasteiger partial charge in [0.25, 0.3) is 0 Å². The number of rotatable bonds is 7. The van der Waals surface area contributed by atoms with Crippen LogP contribution in [-0.4, -0.2) is 18.7 Å². The van der Waals surface area contributed by atoms with Crippen LogP contribution in [0.4, 0.5) is 0 Å². The molecule has 2 N–H and O–H groups in total. The number of nitrogens with two attached hydrogens (primary N) is 1. The number of methoxy groups -OCH3 is 1. The quantitative estimate of drug-likeness (QED) is 0.509. The molecule has 0 heterocycles. The molecule has 0 saturated heterocycles. The Morgan fingerprint density at radius 1 is 1.25 bits per heavy atom. The van der Waals surface area contributed by atoms with Gasteiger partial charge in [0.2, 0.25) is 0 Å². The molecule has 0 amide bonds. The van der Waals surface area contributed by atoms with Crippen LogP contribution in [0.1, 0.15) is 26.7 Å². The molecule has 6 heteroatoms. The van der Waals surface area contributed by atoms with Crippen LogP contribution in [0.25, 0.3) is 0 Å². The maximum Gasteiger partial charge on any atom is 0.134 e. The third kappa shape index (κ3) is 4.90. The van der Waals surface area contributed by atoms with Gasteiger partial charge in [0.1, 0.15) is 11.5 Å². The molecule has 0 atom stereocenters. The van der Waals surface area contributed by atoms with Gasteiger partial charge >= 0.3 is 0 Å². The summed E-state index contributed by atoms with van der Waals surface area (Å²) >= 11 is 12.0. The zero-order valence-corrected chi connectivity index (χ0v) is 15.8. The summed E-state index contributed by atoms with van der Waals surface area (Å²) in [7, 11) is 1.63. The summed E-state index contributed by atoms with van der Waals surface area (Å²) in [4.78, 5) is 0.547. The second-order valence-electron chi connectivity index (χ2n) is 5.12. The van der Waals surface area contributed by atoms with Crippen molar-refractivity contribution in [2.75, 3.05) is 13.7 Å². The van der Waals surface area contributed by atoms with Gasteiger partial charge in [-0.3, -0.25) is 0 Å². The lowest BCUT2D eigenvalue weighted by molar-refractivity contribution is 0.285. The lowest BCUT2D eigenvalue weighted by atomic mass is 9.88. The van der Waals surface area contributed by atoms with Crippen LogP contribution >= 0.6 is 44.1 Å². The normalized spacial score (nSPS) is 11.2. The molecule has 0 unspecified atom stereocenters. The van der Waals surface area contributed by atoms with Crippen molar-refractivity contribution in [1.29, 1.82) is 0 Å². The summed E-state index contributed by atoms with van der Waals surface area (Å²) in [5, 5.41) is 0. The van der Waals surface area contributed by atoms with Crippen molar-refractivity contribution in [3.05, 3.63) is 21.1 Å². The van der Waals surface area contributed by atoms with Gasteiger partial charge in [-0.1, -0.05) is 26.1 Å². The first-order chi connectivity index (χ1) is 9.27. The Kier molecular flexibility index (Phi) is 6.75. The Bertz CT molecular complexity index is 492. The minimum Gasteiger partial charge on any atom is -0.496 e. The van der Waals surface area contributed by atoms with Crippen molar-refractivity contribution in [2.45, 2.75) is 26.7 Å². The minimum absolute atomic E-state index is 0.129. The molecule has 0 aliphatic heterocycles. The summed E-state index contributed by atoms with van der Waals surface area (Å²) < 4.78 is 12.7. The highest BCUT2D eigenvalue weighted by molar-refractivity contribution is 9.11. The van der Waals surface area contributed by atoms with Crippen LogP contribution in [0.3, 0.4) is 0 Å². The average molecular weight is 425 g/mol. The molecule has 0 bridgehead atoms. The SMILES string of the molecule is COc1cc(Br)c(OCCCC(C)(C)C(N)=S)cc1Br. The van der Waals surface area contributed by atoms with Crippen LogP contribution in [-0.2, 0) is 0 Å². The maximum absolute atomic E-state index is 5.78. The monoisotopic (exact) mass is 423 g/mol. The highest BCUT2D eigenvalue weighted by atomic mass is 79.9. The van der Waals surface area contributed by atoms with Crippen LogP contribution in [0.5, 0.6) is 11.5 Å². The second kappa shape index (κ2) is 7.61. The van der Waals surface area contributed by atoms with Crippen molar-refractivity contribution in [1.82, 2.24) is 0 Å². The fourth-order valence-electron chi connectivity index (χ4n) is 1.60. The fraction of sp³-hybridized carbons (Fsp3) is 0.500. The molecule has 0 saturated carbocycles. The van der Waals surface area contributed by atoms with Gasteiger partial charge in [-0.05, 0) is 56.8 Å². The molecule has 1 aromatic carbocycles. The van der Waals surface area contributed by atoms with E-state index >= 15 is 0 Å². The average Bonchev–Trinajstić information content (AvgIpc) is 2.37. The van der Waals surface area contributed by atoms with E-state index in [2.05, 4.69) is 45.7 Å². The number of benzene rings is 1. The molecule has 1 aromatic rings. The van der Waals surface area contributed by atoms with Gasteiger partial charge < -0.3 is 15.2 Å². The molecule has 112 valence electrons. The van der Waals surface area contributed by atoms with E-state index in [1.807, 2.05) is 12.1 Å². The van der Waals surface area contributed by atoms with E-state index in [-0.39, 0.29) is 5.41 Å². The third-order valence-electron chi connectivity index (χ3n) is 3.08. The number of thiocarbonyl (C=S) groups is 1. The van der Waals surface area contributed by atoms with E-state index in [9.17, 15) is 0 Å². The number of hydrogen-bond donors (Lipinski definition) is 1. The Hall–Kier alpha value is -0.330. The summed E-state index contributed by atoms with van der Waals surface area (Å²) in [6, 6.07) is 3.76. The number of ether oxygens (including phenoxy) is 2. The van der Waals surface area contributed by atoms with E-state index in [1.54, 1.807) is 7.11 Å². The van der Waals surface area contributed by atoms with Crippen molar-refractivity contribution in [2.24, 2.45) is 11.1 Å². The lowest BCUT2D eigenvalue weighted by Crippen LogP contribution is -2.30. The molecule has 0 aliphatic rings. The van der Waals surface area contributed by atoms with E-state index in [0.29, 0.717) is 11.6 Å². The lowest BCUT2D eigenvalue weighted by Gasteiger charge is -2.22. The van der Waals surface area contributed by atoms with Gasteiger partial charge in [0.15, 0.2) is 0 Å². The highest BCUT2D eigenvalue weighted by Gasteiger charge is 2.20. The van der Waals surface area contributed by atoms with Gasteiger partial charge in [-0.2, -0.15) is 0 Å². The summed E-state index contributed by atoms with van der Waals surface area (Å²) in [5.41, 5.74) is 5.57. The van der Waals surface area contributed by atoms with Crippen LogP contribution in [0.2, 0.25) is 0 Å². The second-order valence-corrected chi connectivity index (χ2v) is 7.27. The highest BCUT2D eigenvalue weighted by Crippen LogP contribution is 2.36.